The van der Waals surface area contributed by atoms with Crippen molar-refractivity contribution >= 4 is 35.2 Å². The largest absolute Gasteiger partial charge is 0.469 e. The van der Waals surface area contributed by atoms with E-state index in [1.165, 1.54) is 18.4 Å². The van der Waals surface area contributed by atoms with Crippen LogP contribution in [0.1, 0.15) is 21.7 Å². The third-order valence-electron chi connectivity index (χ3n) is 2.86. The lowest BCUT2D eigenvalue weighted by atomic mass is 10.2. The number of rotatable bonds is 3. The maximum atomic E-state index is 11.8. The Labute approximate surface area is 138 Å². The van der Waals surface area contributed by atoms with Crippen molar-refractivity contribution in [2.75, 3.05) is 0 Å². The summed E-state index contributed by atoms with van der Waals surface area (Å²) in [5, 5.41) is 2.41. The van der Waals surface area contributed by atoms with Crippen LogP contribution in [-0.4, -0.2) is 16.9 Å². The molecule has 0 bridgehead atoms. The number of hydrogen-bond donors (Lipinski definition) is 3. The monoisotopic (exact) mass is 329 g/mol. The van der Waals surface area contributed by atoms with Crippen molar-refractivity contribution in [1.82, 2.24) is 16.2 Å². The van der Waals surface area contributed by atoms with Gasteiger partial charge in [-0.25, -0.2) is 0 Å². The van der Waals surface area contributed by atoms with Crippen molar-refractivity contribution < 1.29 is 14.0 Å². The maximum absolute atomic E-state index is 11.8. The lowest BCUT2D eigenvalue weighted by Crippen LogP contribution is -2.48. The fourth-order valence-corrected chi connectivity index (χ4v) is 1.87. The van der Waals surface area contributed by atoms with Gasteiger partial charge in [0.05, 0.1) is 11.8 Å². The van der Waals surface area contributed by atoms with Gasteiger partial charge in [-0.15, -0.1) is 0 Å². The Morgan fingerprint density at radius 3 is 2.52 bits per heavy atom. The highest BCUT2D eigenvalue weighted by Gasteiger charge is 2.11. The molecule has 6 nitrogen and oxygen atoms in total. The number of hydrazine groups is 1. The average molecular weight is 329 g/mol. The number of thiocarbonyl (C=S) groups is 1. The number of carbonyl (C=O) groups is 2. The molecule has 0 aliphatic carbocycles. The van der Waals surface area contributed by atoms with Crippen LogP contribution in [0.3, 0.4) is 0 Å². The fourth-order valence-electron chi connectivity index (χ4n) is 1.72. The Kier molecular flexibility index (Phi) is 5.65. The molecule has 0 aliphatic rings. The molecule has 0 saturated carbocycles. The first kappa shape index (κ1) is 16.4. The predicted octanol–water partition coefficient (Wildman–Crippen LogP) is 1.94. The molecule has 2 amide bonds. The van der Waals surface area contributed by atoms with Gasteiger partial charge in [-0.05, 0) is 36.8 Å². The zero-order valence-electron chi connectivity index (χ0n) is 12.3. The molecule has 2 aromatic rings. The first-order valence-electron chi connectivity index (χ1n) is 6.75. The zero-order chi connectivity index (χ0) is 16.7. The first-order chi connectivity index (χ1) is 11.1. The van der Waals surface area contributed by atoms with E-state index in [2.05, 4.69) is 16.2 Å². The number of hydrogen-bond acceptors (Lipinski definition) is 4. The van der Waals surface area contributed by atoms with Crippen molar-refractivity contribution in [3.05, 3.63) is 65.6 Å². The summed E-state index contributed by atoms with van der Waals surface area (Å²) in [6, 6.07) is 10.9. The van der Waals surface area contributed by atoms with Crippen LogP contribution < -0.4 is 16.2 Å². The molecule has 0 unspecified atom stereocenters. The summed E-state index contributed by atoms with van der Waals surface area (Å²) in [6.45, 7) is 1.67. The van der Waals surface area contributed by atoms with Gasteiger partial charge in [0, 0.05) is 6.08 Å². The van der Waals surface area contributed by atoms with Crippen LogP contribution in [-0.2, 0) is 4.79 Å². The minimum Gasteiger partial charge on any atom is -0.469 e. The van der Waals surface area contributed by atoms with Crippen molar-refractivity contribution in [1.29, 1.82) is 0 Å². The third-order valence-corrected chi connectivity index (χ3v) is 3.06. The molecular formula is C16H15N3O3S. The predicted molar refractivity (Wildman–Crippen MR) is 90.3 cm³/mol. The van der Waals surface area contributed by atoms with Crippen LogP contribution in [0.5, 0.6) is 0 Å². The second-order valence-electron chi connectivity index (χ2n) is 4.53. The van der Waals surface area contributed by atoms with Gasteiger partial charge in [-0.3, -0.25) is 25.8 Å². The van der Waals surface area contributed by atoms with Crippen LogP contribution in [0.2, 0.25) is 0 Å². The van der Waals surface area contributed by atoms with E-state index < -0.39 is 11.8 Å². The molecule has 1 heterocycles. The highest BCUT2D eigenvalue weighted by molar-refractivity contribution is 7.80. The van der Waals surface area contributed by atoms with Gasteiger partial charge in [-0.2, -0.15) is 0 Å². The fraction of sp³-hybridized carbons (Fsp3) is 0.0625. The molecule has 0 atom stereocenters. The zero-order valence-corrected chi connectivity index (χ0v) is 13.1. The van der Waals surface area contributed by atoms with E-state index in [4.69, 9.17) is 16.6 Å². The Balaban J connectivity index is 1.78. The van der Waals surface area contributed by atoms with E-state index >= 15 is 0 Å². The minimum absolute atomic E-state index is 0.0118. The summed E-state index contributed by atoms with van der Waals surface area (Å²) in [4.78, 5) is 23.5. The molecule has 1 aromatic heterocycles. The van der Waals surface area contributed by atoms with Crippen molar-refractivity contribution in [2.45, 2.75) is 6.92 Å². The van der Waals surface area contributed by atoms with E-state index in [9.17, 15) is 9.59 Å². The Morgan fingerprint density at radius 2 is 1.87 bits per heavy atom. The lowest BCUT2D eigenvalue weighted by Gasteiger charge is -2.09. The Morgan fingerprint density at radius 1 is 1.13 bits per heavy atom. The minimum atomic E-state index is -0.410. The number of benzene rings is 1. The molecule has 0 aliphatic heterocycles. The Hall–Kier alpha value is -2.93. The topological polar surface area (TPSA) is 83.4 Å². The molecule has 7 heteroatoms. The van der Waals surface area contributed by atoms with Gasteiger partial charge in [0.25, 0.3) is 5.91 Å². The maximum Gasteiger partial charge on any atom is 0.273 e. The molecular weight excluding hydrogens is 314 g/mol. The molecule has 0 saturated heterocycles. The smallest absolute Gasteiger partial charge is 0.273 e. The van der Waals surface area contributed by atoms with Crippen LogP contribution >= 0.6 is 12.2 Å². The number of aryl methyl sites for hydroxylation is 1. The van der Waals surface area contributed by atoms with E-state index in [1.54, 1.807) is 13.0 Å². The second-order valence-corrected chi connectivity index (χ2v) is 4.94. The molecule has 23 heavy (non-hydrogen) atoms. The molecule has 1 aromatic carbocycles. The van der Waals surface area contributed by atoms with Crippen LogP contribution in [0, 0.1) is 6.92 Å². The summed E-state index contributed by atoms with van der Waals surface area (Å²) in [5.74, 6) is -0.321. The SMILES string of the molecule is Cc1occc1C(=O)NNC(=S)NC(=O)/C=C/c1ccccc1. The summed E-state index contributed by atoms with van der Waals surface area (Å²) in [7, 11) is 0. The van der Waals surface area contributed by atoms with E-state index in [-0.39, 0.29) is 5.11 Å². The quantitative estimate of drug-likeness (QED) is 0.455. The Bertz CT molecular complexity index is 738. The summed E-state index contributed by atoms with van der Waals surface area (Å²) in [5.41, 5.74) is 6.11. The van der Waals surface area contributed by atoms with Crippen LogP contribution in [0.25, 0.3) is 6.08 Å². The summed E-state index contributed by atoms with van der Waals surface area (Å²) in [6.07, 6.45) is 4.43. The van der Waals surface area contributed by atoms with Gasteiger partial charge in [0.15, 0.2) is 5.11 Å². The highest BCUT2D eigenvalue weighted by Crippen LogP contribution is 2.07. The van der Waals surface area contributed by atoms with Gasteiger partial charge < -0.3 is 4.42 Å². The van der Waals surface area contributed by atoms with Gasteiger partial charge in [0.2, 0.25) is 5.91 Å². The molecule has 3 N–H and O–H groups in total. The summed E-state index contributed by atoms with van der Waals surface area (Å²) >= 11 is 4.93. The van der Waals surface area contributed by atoms with Crippen LogP contribution in [0.15, 0.2) is 53.2 Å². The average Bonchev–Trinajstić information content (AvgIpc) is 2.98. The number of nitrogens with one attached hydrogen (secondary N) is 3. The van der Waals surface area contributed by atoms with Gasteiger partial charge in [-0.1, -0.05) is 30.3 Å². The van der Waals surface area contributed by atoms with Crippen molar-refractivity contribution in [3.8, 4) is 0 Å². The first-order valence-corrected chi connectivity index (χ1v) is 7.15. The highest BCUT2D eigenvalue weighted by atomic mass is 32.1. The standard InChI is InChI=1S/C16H15N3O3S/c1-11-13(9-10-22-11)15(21)18-19-16(23)17-14(20)8-7-12-5-3-2-4-6-12/h2-10H,1H3,(H,18,21)(H2,17,19,20,23)/b8-7+. The lowest BCUT2D eigenvalue weighted by molar-refractivity contribution is -0.115. The molecule has 2 rings (SSSR count). The van der Waals surface area contributed by atoms with Crippen molar-refractivity contribution in [2.24, 2.45) is 0 Å². The number of furan rings is 1. The number of amides is 2. The number of carbonyl (C=O) groups excluding carboxylic acids is 2. The molecule has 0 spiro atoms. The normalized spacial score (nSPS) is 10.3. The second kappa shape index (κ2) is 7.90. The molecule has 118 valence electrons. The third kappa shape index (κ3) is 5.08. The van der Waals surface area contributed by atoms with Crippen LogP contribution in [0.4, 0.5) is 0 Å². The van der Waals surface area contributed by atoms with Gasteiger partial charge in [0.1, 0.15) is 5.76 Å². The summed E-state index contributed by atoms with van der Waals surface area (Å²) < 4.78 is 5.03. The molecule has 0 fully saturated rings. The van der Waals surface area contributed by atoms with E-state index in [1.807, 2.05) is 30.3 Å². The molecule has 0 radical (unpaired) electrons. The van der Waals surface area contributed by atoms with E-state index in [0.717, 1.165) is 5.56 Å². The van der Waals surface area contributed by atoms with Crippen molar-refractivity contribution in [3.63, 3.8) is 0 Å². The van der Waals surface area contributed by atoms with Gasteiger partial charge >= 0.3 is 0 Å². The van der Waals surface area contributed by atoms with E-state index in [0.29, 0.717) is 11.3 Å².